The van der Waals surface area contributed by atoms with Gasteiger partial charge in [0.25, 0.3) is 0 Å². The maximum atomic E-state index is 13.0. The zero-order valence-corrected chi connectivity index (χ0v) is 26.8. The molecule has 46 heavy (non-hydrogen) atoms. The van der Waals surface area contributed by atoms with Crippen molar-refractivity contribution in [3.8, 4) is 0 Å². The van der Waals surface area contributed by atoms with Crippen molar-refractivity contribution in [2.24, 2.45) is 0 Å². The number of fused-ring (bicyclic) bond motifs is 2. The van der Waals surface area contributed by atoms with Gasteiger partial charge in [-0.05, 0) is 83.6 Å². The van der Waals surface area contributed by atoms with Gasteiger partial charge in [-0.25, -0.2) is 0 Å². The van der Waals surface area contributed by atoms with Gasteiger partial charge in [0.05, 0.1) is 0 Å². The van der Waals surface area contributed by atoms with Crippen LogP contribution in [0.25, 0.3) is 21.5 Å². The Morgan fingerprint density at radius 2 is 0.652 bits per heavy atom. The molecule has 0 unspecified atom stereocenters. The van der Waals surface area contributed by atoms with Gasteiger partial charge in [-0.2, -0.15) is 0 Å². The van der Waals surface area contributed by atoms with E-state index in [-0.39, 0.29) is 0 Å². The number of hydrogen-bond acceptors (Lipinski definition) is 2. The first-order valence-corrected chi connectivity index (χ1v) is 15.9. The fourth-order valence-corrected chi connectivity index (χ4v) is 7.12. The van der Waals surface area contributed by atoms with Crippen LogP contribution in [0, 0.1) is 27.7 Å². The Hall–Kier alpha value is -5.02. The first-order chi connectivity index (χ1) is 22.2. The summed E-state index contributed by atoms with van der Waals surface area (Å²) in [6, 6.07) is 49.3. The van der Waals surface area contributed by atoms with Crippen molar-refractivity contribution in [2.75, 3.05) is 0 Å². The normalized spacial score (nSPS) is 12.1. The van der Waals surface area contributed by atoms with Crippen LogP contribution in [0.1, 0.15) is 55.6 Å². The zero-order valence-electron chi connectivity index (χ0n) is 26.8. The molecular formula is C44H38O2. The lowest BCUT2D eigenvalue weighted by molar-refractivity contribution is 0.127. The van der Waals surface area contributed by atoms with Gasteiger partial charge in [-0.15, -0.1) is 0 Å². The standard InChI is InChI=1S/C44H38O2/c1-29-11-5-17-35(23-29)43(45,36-18-6-12-30(2)24-36)41-21-9-15-33-27-34-16-10-22-42(40(34)28-39(33)41)44(46,37-19-7-13-31(3)25-37)38-20-8-14-32(4)26-38/h5-28,45-46H,1-4H3. The Balaban J connectivity index is 1.57. The predicted octanol–water partition coefficient (Wildman–Crippen LogP) is 9.80. The summed E-state index contributed by atoms with van der Waals surface area (Å²) in [7, 11) is 0. The molecule has 0 aliphatic rings. The Morgan fingerprint density at radius 3 is 0.957 bits per heavy atom. The molecule has 0 spiro atoms. The summed E-state index contributed by atoms with van der Waals surface area (Å²) in [5, 5.41) is 30.0. The monoisotopic (exact) mass is 598 g/mol. The summed E-state index contributed by atoms with van der Waals surface area (Å²) >= 11 is 0. The van der Waals surface area contributed by atoms with E-state index in [2.05, 4.69) is 100 Å². The molecule has 0 saturated carbocycles. The van der Waals surface area contributed by atoms with E-state index in [0.717, 1.165) is 77.2 Å². The van der Waals surface area contributed by atoms with E-state index in [9.17, 15) is 10.2 Å². The quantitative estimate of drug-likeness (QED) is 0.148. The summed E-state index contributed by atoms with van der Waals surface area (Å²) in [4.78, 5) is 0. The van der Waals surface area contributed by atoms with Crippen molar-refractivity contribution in [3.63, 3.8) is 0 Å². The molecular weight excluding hydrogens is 560 g/mol. The molecule has 0 amide bonds. The van der Waals surface area contributed by atoms with Gasteiger partial charge in [0.1, 0.15) is 11.2 Å². The van der Waals surface area contributed by atoms with Gasteiger partial charge in [0.2, 0.25) is 0 Å². The number of rotatable bonds is 6. The number of aliphatic hydroxyl groups is 2. The number of aryl methyl sites for hydroxylation is 4. The maximum absolute atomic E-state index is 13.0. The summed E-state index contributed by atoms with van der Waals surface area (Å²) in [6.45, 7) is 8.22. The molecule has 0 heterocycles. The third kappa shape index (κ3) is 4.91. The molecule has 2 N–H and O–H groups in total. The smallest absolute Gasteiger partial charge is 0.141 e. The lowest BCUT2D eigenvalue weighted by Gasteiger charge is -2.33. The van der Waals surface area contributed by atoms with Crippen molar-refractivity contribution in [2.45, 2.75) is 38.9 Å². The fraction of sp³-hybridized carbons (Fsp3) is 0.136. The van der Waals surface area contributed by atoms with Crippen LogP contribution in [0.3, 0.4) is 0 Å². The van der Waals surface area contributed by atoms with Crippen LogP contribution in [0.4, 0.5) is 0 Å². The van der Waals surface area contributed by atoms with Crippen LogP contribution in [0.2, 0.25) is 0 Å². The van der Waals surface area contributed by atoms with E-state index in [1.807, 2.05) is 72.8 Å². The summed E-state index contributed by atoms with van der Waals surface area (Å²) < 4.78 is 0. The van der Waals surface area contributed by atoms with Gasteiger partial charge in [0.15, 0.2) is 0 Å². The molecule has 2 heteroatoms. The average molecular weight is 599 g/mol. The van der Waals surface area contributed by atoms with Crippen molar-refractivity contribution in [1.29, 1.82) is 0 Å². The highest BCUT2D eigenvalue weighted by Crippen LogP contribution is 2.45. The lowest BCUT2D eigenvalue weighted by Crippen LogP contribution is -2.30. The Labute approximate surface area is 271 Å². The molecule has 0 aromatic heterocycles. The minimum atomic E-state index is -1.41. The Bertz CT molecular complexity index is 2000. The van der Waals surface area contributed by atoms with E-state index in [1.165, 1.54) is 0 Å². The van der Waals surface area contributed by atoms with E-state index >= 15 is 0 Å². The van der Waals surface area contributed by atoms with Crippen molar-refractivity contribution in [1.82, 2.24) is 0 Å². The Morgan fingerprint density at radius 1 is 0.348 bits per heavy atom. The average Bonchev–Trinajstić information content (AvgIpc) is 3.06. The summed E-state index contributed by atoms with van der Waals surface area (Å²) in [5.74, 6) is 0. The minimum absolute atomic E-state index is 0.799. The first kappa shape index (κ1) is 29.7. The van der Waals surface area contributed by atoms with Crippen molar-refractivity contribution < 1.29 is 10.2 Å². The van der Waals surface area contributed by atoms with Crippen LogP contribution in [0.15, 0.2) is 146 Å². The van der Waals surface area contributed by atoms with Crippen LogP contribution in [0.5, 0.6) is 0 Å². The summed E-state index contributed by atoms with van der Waals surface area (Å²) in [5.41, 5.74) is 6.36. The van der Waals surface area contributed by atoms with Crippen LogP contribution >= 0.6 is 0 Å². The third-order valence-corrected chi connectivity index (χ3v) is 9.40. The first-order valence-electron chi connectivity index (χ1n) is 15.9. The molecule has 0 aliphatic heterocycles. The number of hydrogen-bond donors (Lipinski definition) is 2. The molecule has 0 radical (unpaired) electrons. The Kier molecular flexibility index (Phi) is 7.36. The van der Waals surface area contributed by atoms with Gasteiger partial charge in [-0.3, -0.25) is 0 Å². The maximum Gasteiger partial charge on any atom is 0.141 e. The van der Waals surface area contributed by atoms with E-state index < -0.39 is 11.2 Å². The molecule has 7 rings (SSSR count). The van der Waals surface area contributed by atoms with Gasteiger partial charge in [0, 0.05) is 11.1 Å². The second-order valence-electron chi connectivity index (χ2n) is 12.8. The van der Waals surface area contributed by atoms with Crippen LogP contribution in [-0.4, -0.2) is 10.2 Å². The molecule has 7 aromatic carbocycles. The molecule has 0 saturated heterocycles. The predicted molar refractivity (Wildman–Crippen MR) is 190 cm³/mol. The highest BCUT2D eigenvalue weighted by Gasteiger charge is 2.38. The molecule has 0 aliphatic carbocycles. The highest BCUT2D eigenvalue weighted by molar-refractivity contribution is 6.02. The summed E-state index contributed by atoms with van der Waals surface area (Å²) in [6.07, 6.45) is 0. The zero-order chi connectivity index (χ0) is 32.1. The largest absolute Gasteiger partial charge is 0.376 e. The minimum Gasteiger partial charge on any atom is -0.376 e. The van der Waals surface area contributed by atoms with Gasteiger partial charge in [-0.1, -0.05) is 156 Å². The van der Waals surface area contributed by atoms with E-state index in [0.29, 0.717) is 0 Å². The molecule has 7 aromatic rings. The molecule has 0 bridgehead atoms. The third-order valence-electron chi connectivity index (χ3n) is 9.40. The van der Waals surface area contributed by atoms with E-state index in [1.54, 1.807) is 0 Å². The van der Waals surface area contributed by atoms with Crippen LogP contribution < -0.4 is 0 Å². The molecule has 226 valence electrons. The number of benzene rings is 7. The molecule has 0 fully saturated rings. The van der Waals surface area contributed by atoms with Crippen LogP contribution in [-0.2, 0) is 11.2 Å². The lowest BCUT2D eigenvalue weighted by atomic mass is 9.75. The highest BCUT2D eigenvalue weighted by atomic mass is 16.3. The van der Waals surface area contributed by atoms with Gasteiger partial charge >= 0.3 is 0 Å². The van der Waals surface area contributed by atoms with E-state index in [4.69, 9.17) is 0 Å². The van der Waals surface area contributed by atoms with Gasteiger partial charge < -0.3 is 10.2 Å². The SMILES string of the molecule is Cc1cccc(C(O)(c2cccc(C)c2)c2cccc3cc4cccc(C(O)(c5cccc(C)c5)c5cccc(C)c5)c4cc23)c1. The topological polar surface area (TPSA) is 40.5 Å². The molecule has 0 atom stereocenters. The molecule has 2 nitrogen and oxygen atoms in total. The fourth-order valence-electron chi connectivity index (χ4n) is 7.12. The second kappa shape index (κ2) is 11.4. The van der Waals surface area contributed by atoms with Crippen molar-refractivity contribution >= 4 is 21.5 Å². The van der Waals surface area contributed by atoms with Crippen molar-refractivity contribution in [3.05, 3.63) is 201 Å². The second-order valence-corrected chi connectivity index (χ2v) is 12.8.